The Balaban J connectivity index is 2.05. The van der Waals surface area contributed by atoms with Crippen LogP contribution in [0.25, 0.3) is 5.69 Å². The lowest BCUT2D eigenvalue weighted by Crippen LogP contribution is -2.12. The number of carbonyl (C=O) groups is 1. The second kappa shape index (κ2) is 6.44. The molecule has 0 bridgehead atoms. The van der Waals surface area contributed by atoms with Gasteiger partial charge in [-0.3, -0.25) is 4.79 Å². The Morgan fingerprint density at radius 1 is 1.30 bits per heavy atom. The summed E-state index contributed by atoms with van der Waals surface area (Å²) in [4.78, 5) is 16.3. The van der Waals surface area contributed by atoms with Crippen LogP contribution in [0.3, 0.4) is 0 Å². The summed E-state index contributed by atoms with van der Waals surface area (Å²) in [5, 5.41) is 0. The molecule has 1 aliphatic carbocycles. The molecule has 5 nitrogen and oxygen atoms in total. The lowest BCUT2D eigenvalue weighted by Gasteiger charge is -2.23. The molecule has 3 rings (SSSR count). The van der Waals surface area contributed by atoms with Gasteiger partial charge in [0.2, 0.25) is 0 Å². The number of aromatic nitrogens is 2. The van der Waals surface area contributed by atoms with Gasteiger partial charge in [0, 0.05) is 24.4 Å². The van der Waals surface area contributed by atoms with E-state index in [-0.39, 0.29) is 5.78 Å². The van der Waals surface area contributed by atoms with Crippen molar-refractivity contribution in [2.45, 2.75) is 44.9 Å². The summed E-state index contributed by atoms with van der Waals surface area (Å²) in [6.07, 6.45) is 9.89. The Bertz CT molecular complexity index is 715. The molecule has 122 valence electrons. The monoisotopic (exact) mass is 313 g/mol. The van der Waals surface area contributed by atoms with Gasteiger partial charge in [-0.25, -0.2) is 4.98 Å². The highest BCUT2D eigenvalue weighted by Crippen LogP contribution is 2.35. The van der Waals surface area contributed by atoms with Crippen LogP contribution < -0.4 is 10.5 Å². The zero-order chi connectivity index (χ0) is 16.4. The van der Waals surface area contributed by atoms with Gasteiger partial charge in [-0.05, 0) is 25.8 Å². The summed E-state index contributed by atoms with van der Waals surface area (Å²) in [6.45, 7) is 1.52. The summed E-state index contributed by atoms with van der Waals surface area (Å²) in [6, 6.07) is 3.53. The smallest absolute Gasteiger partial charge is 0.163 e. The topological polar surface area (TPSA) is 70.1 Å². The second-order valence-electron chi connectivity index (χ2n) is 6.16. The van der Waals surface area contributed by atoms with Gasteiger partial charge in [-0.15, -0.1) is 0 Å². The molecule has 0 aliphatic heterocycles. The summed E-state index contributed by atoms with van der Waals surface area (Å²) in [7, 11) is 1.57. The Hall–Kier alpha value is -2.30. The SMILES string of the molecule is COc1cc(-n2ccnc2C2CCCCC2)c(N)cc1C(C)=O. The lowest BCUT2D eigenvalue weighted by atomic mass is 9.88. The van der Waals surface area contributed by atoms with Crippen molar-refractivity contribution in [3.05, 3.63) is 35.9 Å². The quantitative estimate of drug-likeness (QED) is 0.690. The molecule has 1 aromatic heterocycles. The normalized spacial score (nSPS) is 15.6. The number of nitrogens with zero attached hydrogens (tertiary/aromatic N) is 2. The van der Waals surface area contributed by atoms with Crippen molar-refractivity contribution in [3.8, 4) is 11.4 Å². The minimum atomic E-state index is -0.0572. The van der Waals surface area contributed by atoms with Gasteiger partial charge in [-0.2, -0.15) is 0 Å². The number of ketones is 1. The fourth-order valence-electron chi connectivity index (χ4n) is 3.42. The summed E-state index contributed by atoms with van der Waals surface area (Å²) in [5.74, 6) is 2.01. The molecule has 1 aromatic carbocycles. The first-order chi connectivity index (χ1) is 11.1. The molecule has 23 heavy (non-hydrogen) atoms. The summed E-state index contributed by atoms with van der Waals surface area (Å²) >= 11 is 0. The van der Waals surface area contributed by atoms with Crippen molar-refractivity contribution in [1.29, 1.82) is 0 Å². The van der Waals surface area contributed by atoms with E-state index in [1.807, 2.05) is 23.0 Å². The van der Waals surface area contributed by atoms with Crippen LogP contribution in [-0.4, -0.2) is 22.4 Å². The van der Waals surface area contributed by atoms with Crippen molar-refractivity contribution in [2.75, 3.05) is 12.8 Å². The van der Waals surface area contributed by atoms with Gasteiger partial charge in [0.15, 0.2) is 5.78 Å². The van der Waals surface area contributed by atoms with Gasteiger partial charge in [0.25, 0.3) is 0 Å². The third-order valence-corrected chi connectivity index (χ3v) is 4.63. The highest BCUT2D eigenvalue weighted by Gasteiger charge is 2.22. The molecular weight excluding hydrogens is 290 g/mol. The molecule has 2 aromatic rings. The highest BCUT2D eigenvalue weighted by molar-refractivity contribution is 5.98. The Kier molecular flexibility index (Phi) is 4.37. The molecular formula is C18H23N3O2. The van der Waals surface area contributed by atoms with Gasteiger partial charge in [0.05, 0.1) is 24.0 Å². The number of rotatable bonds is 4. The van der Waals surface area contributed by atoms with E-state index < -0.39 is 0 Å². The van der Waals surface area contributed by atoms with Crippen molar-refractivity contribution in [2.24, 2.45) is 0 Å². The van der Waals surface area contributed by atoms with E-state index in [1.165, 1.54) is 39.0 Å². The van der Waals surface area contributed by atoms with E-state index in [1.54, 1.807) is 13.2 Å². The predicted octanol–water partition coefficient (Wildman–Crippen LogP) is 3.71. The first-order valence-electron chi connectivity index (χ1n) is 8.14. The molecule has 0 atom stereocenters. The fraction of sp³-hybridized carbons (Fsp3) is 0.444. The molecule has 0 saturated heterocycles. The maximum Gasteiger partial charge on any atom is 0.163 e. The number of methoxy groups -OCH3 is 1. The van der Waals surface area contributed by atoms with Crippen LogP contribution in [0.15, 0.2) is 24.5 Å². The van der Waals surface area contributed by atoms with Gasteiger partial charge >= 0.3 is 0 Å². The zero-order valence-corrected chi connectivity index (χ0v) is 13.7. The number of ether oxygens (including phenoxy) is 1. The van der Waals surface area contributed by atoms with Crippen LogP contribution in [0.2, 0.25) is 0 Å². The Labute approximate surface area is 136 Å². The van der Waals surface area contributed by atoms with Crippen LogP contribution in [0.4, 0.5) is 5.69 Å². The first kappa shape index (κ1) is 15.6. The number of carbonyl (C=O) groups excluding carboxylic acids is 1. The van der Waals surface area contributed by atoms with E-state index in [9.17, 15) is 4.79 Å². The van der Waals surface area contributed by atoms with Crippen LogP contribution in [0, 0.1) is 0 Å². The van der Waals surface area contributed by atoms with Crippen molar-refractivity contribution < 1.29 is 9.53 Å². The number of hydrogen-bond acceptors (Lipinski definition) is 4. The summed E-state index contributed by atoms with van der Waals surface area (Å²) < 4.78 is 7.42. The number of anilines is 1. The Morgan fingerprint density at radius 2 is 2.04 bits per heavy atom. The van der Waals surface area contributed by atoms with E-state index in [2.05, 4.69) is 4.98 Å². The van der Waals surface area contributed by atoms with E-state index in [4.69, 9.17) is 10.5 Å². The molecule has 2 N–H and O–H groups in total. The molecule has 1 aliphatic rings. The predicted molar refractivity (Wildman–Crippen MR) is 90.4 cm³/mol. The van der Waals surface area contributed by atoms with Crippen molar-refractivity contribution >= 4 is 11.5 Å². The number of nitrogens with two attached hydrogens (primary N) is 1. The third-order valence-electron chi connectivity index (χ3n) is 4.63. The van der Waals surface area contributed by atoms with E-state index in [0.717, 1.165) is 11.5 Å². The zero-order valence-electron chi connectivity index (χ0n) is 13.7. The third kappa shape index (κ3) is 2.96. The highest BCUT2D eigenvalue weighted by atomic mass is 16.5. The van der Waals surface area contributed by atoms with E-state index >= 15 is 0 Å². The maximum absolute atomic E-state index is 11.7. The lowest BCUT2D eigenvalue weighted by molar-refractivity contribution is 0.101. The molecule has 0 radical (unpaired) electrons. The van der Waals surface area contributed by atoms with E-state index in [0.29, 0.717) is 22.9 Å². The number of hydrogen-bond donors (Lipinski definition) is 1. The molecule has 0 amide bonds. The summed E-state index contributed by atoms with van der Waals surface area (Å²) in [5.41, 5.74) is 8.11. The Morgan fingerprint density at radius 3 is 2.70 bits per heavy atom. The number of nitrogen functional groups attached to an aromatic ring is 1. The van der Waals surface area contributed by atoms with Crippen LogP contribution in [0.5, 0.6) is 5.75 Å². The minimum Gasteiger partial charge on any atom is -0.496 e. The van der Waals surface area contributed by atoms with Gasteiger partial charge in [0.1, 0.15) is 11.6 Å². The molecule has 1 saturated carbocycles. The molecule has 0 spiro atoms. The van der Waals surface area contributed by atoms with Gasteiger partial charge in [-0.1, -0.05) is 19.3 Å². The standard InChI is InChI=1S/C18H23N3O2/c1-12(22)14-10-15(19)16(11-17(14)23-2)21-9-8-20-18(21)13-6-4-3-5-7-13/h8-11,13H,3-7,19H2,1-2H3. The van der Waals surface area contributed by atoms with Crippen LogP contribution in [-0.2, 0) is 0 Å². The largest absolute Gasteiger partial charge is 0.496 e. The molecule has 5 heteroatoms. The molecule has 1 fully saturated rings. The minimum absolute atomic E-state index is 0.0572. The maximum atomic E-state index is 11.7. The van der Waals surface area contributed by atoms with Crippen molar-refractivity contribution in [3.63, 3.8) is 0 Å². The van der Waals surface area contributed by atoms with Crippen LogP contribution in [0.1, 0.15) is 61.1 Å². The average Bonchev–Trinajstić information content (AvgIpc) is 3.04. The van der Waals surface area contributed by atoms with Crippen molar-refractivity contribution in [1.82, 2.24) is 9.55 Å². The fourth-order valence-corrected chi connectivity index (χ4v) is 3.42. The average molecular weight is 313 g/mol. The number of imidazole rings is 1. The molecule has 0 unspecified atom stereocenters. The number of Topliss-reactive ketones (excluding diaryl/α,β-unsaturated/α-hetero) is 1. The number of benzene rings is 1. The first-order valence-corrected chi connectivity index (χ1v) is 8.14. The van der Waals surface area contributed by atoms with Gasteiger partial charge < -0.3 is 15.0 Å². The van der Waals surface area contributed by atoms with Crippen LogP contribution >= 0.6 is 0 Å². The second-order valence-corrected chi connectivity index (χ2v) is 6.16. The molecule has 1 heterocycles.